The van der Waals surface area contributed by atoms with Crippen molar-refractivity contribution in [2.24, 2.45) is 17.8 Å². The molecular formula is C18H32N2O4. The lowest BCUT2D eigenvalue weighted by molar-refractivity contribution is -0.126. The summed E-state index contributed by atoms with van der Waals surface area (Å²) in [5, 5.41) is 5.90. The third-order valence-corrected chi connectivity index (χ3v) is 4.72. The molecular weight excluding hydrogens is 308 g/mol. The molecule has 0 spiro atoms. The third kappa shape index (κ3) is 6.30. The van der Waals surface area contributed by atoms with Crippen LogP contribution < -0.4 is 10.6 Å². The van der Waals surface area contributed by atoms with Gasteiger partial charge in [0.2, 0.25) is 5.91 Å². The highest BCUT2D eigenvalue weighted by atomic mass is 16.6. The molecule has 2 aliphatic rings. The first-order valence-electron chi connectivity index (χ1n) is 9.17. The van der Waals surface area contributed by atoms with Crippen LogP contribution in [0.3, 0.4) is 0 Å². The first-order chi connectivity index (χ1) is 11.3. The maximum atomic E-state index is 12.5. The SMILES string of the molecule is CC(C)(C)OC(=O)NC[C@H]1CCC[C@H]1C(=O)NC[C@H]1CCCOC1. The topological polar surface area (TPSA) is 76.7 Å². The second-order valence-corrected chi connectivity index (χ2v) is 8.01. The molecule has 2 amide bonds. The number of amides is 2. The predicted molar refractivity (Wildman–Crippen MR) is 91.6 cm³/mol. The summed E-state index contributed by atoms with van der Waals surface area (Å²) in [6, 6.07) is 0. The van der Waals surface area contributed by atoms with Gasteiger partial charge in [-0.05, 0) is 58.3 Å². The van der Waals surface area contributed by atoms with Gasteiger partial charge in [-0.1, -0.05) is 6.42 Å². The minimum Gasteiger partial charge on any atom is -0.444 e. The molecule has 6 heteroatoms. The Bertz CT molecular complexity index is 427. The second-order valence-electron chi connectivity index (χ2n) is 8.01. The highest BCUT2D eigenvalue weighted by Crippen LogP contribution is 2.31. The molecule has 2 fully saturated rings. The zero-order chi connectivity index (χ0) is 17.6. The lowest BCUT2D eigenvalue weighted by atomic mass is 9.94. The number of hydrogen-bond donors (Lipinski definition) is 2. The predicted octanol–water partition coefficient (Wildman–Crippen LogP) is 2.47. The van der Waals surface area contributed by atoms with E-state index in [2.05, 4.69) is 10.6 Å². The van der Waals surface area contributed by atoms with Crippen molar-refractivity contribution in [3.63, 3.8) is 0 Å². The van der Waals surface area contributed by atoms with Crippen LogP contribution in [0.2, 0.25) is 0 Å². The van der Waals surface area contributed by atoms with Gasteiger partial charge in [0.15, 0.2) is 0 Å². The lowest BCUT2D eigenvalue weighted by Gasteiger charge is -2.25. The maximum absolute atomic E-state index is 12.5. The third-order valence-electron chi connectivity index (χ3n) is 4.72. The van der Waals surface area contributed by atoms with Crippen molar-refractivity contribution in [2.75, 3.05) is 26.3 Å². The Kier molecular flexibility index (Phi) is 6.90. The maximum Gasteiger partial charge on any atom is 0.407 e. The van der Waals surface area contributed by atoms with E-state index in [0.717, 1.165) is 45.3 Å². The van der Waals surface area contributed by atoms with Crippen LogP contribution in [0.15, 0.2) is 0 Å². The van der Waals surface area contributed by atoms with E-state index in [-0.39, 0.29) is 17.7 Å². The monoisotopic (exact) mass is 340 g/mol. The van der Waals surface area contributed by atoms with Gasteiger partial charge < -0.3 is 20.1 Å². The molecule has 3 atom stereocenters. The van der Waals surface area contributed by atoms with E-state index in [1.54, 1.807) is 0 Å². The molecule has 0 bridgehead atoms. The fourth-order valence-electron chi connectivity index (χ4n) is 3.50. The van der Waals surface area contributed by atoms with Crippen LogP contribution in [0.25, 0.3) is 0 Å². The van der Waals surface area contributed by atoms with Gasteiger partial charge >= 0.3 is 6.09 Å². The van der Waals surface area contributed by atoms with Gasteiger partial charge in [-0.2, -0.15) is 0 Å². The summed E-state index contributed by atoms with van der Waals surface area (Å²) in [5.74, 6) is 0.737. The standard InChI is InChI=1S/C18H32N2O4/c1-18(2,3)24-17(22)20-11-14-7-4-8-15(14)16(21)19-10-13-6-5-9-23-12-13/h13-15H,4-12H2,1-3H3,(H,19,21)(H,20,22)/t13-,14-,15-/m1/s1. The van der Waals surface area contributed by atoms with Crippen LogP contribution in [0, 0.1) is 17.8 Å². The number of ether oxygens (including phenoxy) is 2. The van der Waals surface area contributed by atoms with Gasteiger partial charge in [-0.3, -0.25) is 4.79 Å². The summed E-state index contributed by atoms with van der Waals surface area (Å²) >= 11 is 0. The number of alkyl carbamates (subject to hydrolysis) is 1. The Hall–Kier alpha value is -1.30. The summed E-state index contributed by atoms with van der Waals surface area (Å²) in [4.78, 5) is 24.3. The van der Waals surface area contributed by atoms with Gasteiger partial charge in [0.05, 0.1) is 6.61 Å². The Morgan fingerprint density at radius 1 is 1.08 bits per heavy atom. The van der Waals surface area contributed by atoms with Crippen LogP contribution in [-0.2, 0) is 14.3 Å². The van der Waals surface area contributed by atoms with Crippen molar-refractivity contribution < 1.29 is 19.1 Å². The molecule has 138 valence electrons. The van der Waals surface area contributed by atoms with Gasteiger partial charge in [-0.25, -0.2) is 4.79 Å². The second kappa shape index (κ2) is 8.70. The molecule has 24 heavy (non-hydrogen) atoms. The van der Waals surface area contributed by atoms with Gasteiger partial charge in [0, 0.05) is 25.6 Å². The zero-order valence-corrected chi connectivity index (χ0v) is 15.2. The number of nitrogens with one attached hydrogen (secondary N) is 2. The number of hydrogen-bond acceptors (Lipinski definition) is 4. The first kappa shape index (κ1) is 19.0. The highest BCUT2D eigenvalue weighted by Gasteiger charge is 2.33. The minimum absolute atomic E-state index is 0.00977. The Balaban J connectivity index is 1.72. The van der Waals surface area contributed by atoms with Gasteiger partial charge in [0.25, 0.3) is 0 Å². The Morgan fingerprint density at radius 3 is 2.54 bits per heavy atom. The molecule has 2 N–H and O–H groups in total. The number of rotatable bonds is 5. The smallest absolute Gasteiger partial charge is 0.407 e. The molecule has 1 saturated heterocycles. The summed E-state index contributed by atoms with van der Waals surface area (Å²) in [5.41, 5.74) is -0.501. The molecule has 0 radical (unpaired) electrons. The van der Waals surface area contributed by atoms with E-state index in [1.165, 1.54) is 0 Å². The Labute approximate surface area is 145 Å². The number of carbonyl (C=O) groups excluding carboxylic acids is 2. The largest absolute Gasteiger partial charge is 0.444 e. The van der Waals surface area contributed by atoms with E-state index >= 15 is 0 Å². The fourth-order valence-corrected chi connectivity index (χ4v) is 3.50. The van der Waals surface area contributed by atoms with Gasteiger partial charge in [0.1, 0.15) is 5.60 Å². The molecule has 0 aromatic heterocycles. The van der Waals surface area contributed by atoms with Crippen molar-refractivity contribution >= 4 is 12.0 Å². The Morgan fingerprint density at radius 2 is 1.88 bits per heavy atom. The normalized spacial score (nSPS) is 27.5. The summed E-state index contributed by atoms with van der Waals surface area (Å²) < 4.78 is 10.7. The van der Waals surface area contributed by atoms with Crippen LogP contribution >= 0.6 is 0 Å². The van der Waals surface area contributed by atoms with E-state index in [0.29, 0.717) is 19.0 Å². The van der Waals surface area contributed by atoms with Crippen LogP contribution in [0.5, 0.6) is 0 Å². The van der Waals surface area contributed by atoms with E-state index in [1.807, 2.05) is 20.8 Å². The summed E-state index contributed by atoms with van der Waals surface area (Å²) in [7, 11) is 0. The van der Waals surface area contributed by atoms with Crippen LogP contribution in [0.1, 0.15) is 52.9 Å². The number of carbonyl (C=O) groups is 2. The van der Waals surface area contributed by atoms with Crippen LogP contribution in [0.4, 0.5) is 4.79 Å². The molecule has 0 aromatic carbocycles. The summed E-state index contributed by atoms with van der Waals surface area (Å²) in [6.45, 7) is 8.30. The molecule has 1 heterocycles. The van der Waals surface area contributed by atoms with Gasteiger partial charge in [-0.15, -0.1) is 0 Å². The van der Waals surface area contributed by atoms with Crippen molar-refractivity contribution in [3.8, 4) is 0 Å². The molecule has 1 saturated carbocycles. The van der Waals surface area contributed by atoms with E-state index in [4.69, 9.17) is 9.47 Å². The molecule has 1 aliphatic heterocycles. The lowest BCUT2D eigenvalue weighted by Crippen LogP contribution is -2.41. The zero-order valence-electron chi connectivity index (χ0n) is 15.2. The first-order valence-corrected chi connectivity index (χ1v) is 9.17. The van der Waals surface area contributed by atoms with Crippen LogP contribution in [-0.4, -0.2) is 43.9 Å². The average molecular weight is 340 g/mol. The molecule has 2 rings (SSSR count). The van der Waals surface area contributed by atoms with Crippen molar-refractivity contribution in [1.82, 2.24) is 10.6 Å². The quantitative estimate of drug-likeness (QED) is 0.806. The fraction of sp³-hybridized carbons (Fsp3) is 0.889. The average Bonchev–Trinajstić information content (AvgIpc) is 2.98. The van der Waals surface area contributed by atoms with Crippen molar-refractivity contribution in [1.29, 1.82) is 0 Å². The molecule has 0 unspecified atom stereocenters. The highest BCUT2D eigenvalue weighted by molar-refractivity contribution is 5.79. The van der Waals surface area contributed by atoms with E-state index in [9.17, 15) is 9.59 Å². The minimum atomic E-state index is -0.501. The molecule has 1 aliphatic carbocycles. The van der Waals surface area contributed by atoms with E-state index < -0.39 is 11.7 Å². The summed E-state index contributed by atoms with van der Waals surface area (Å²) in [6.07, 6.45) is 4.69. The molecule has 0 aromatic rings. The molecule has 6 nitrogen and oxygen atoms in total. The van der Waals surface area contributed by atoms with Crippen molar-refractivity contribution in [2.45, 2.75) is 58.5 Å². The van der Waals surface area contributed by atoms with Crippen molar-refractivity contribution in [3.05, 3.63) is 0 Å².